The third-order valence-corrected chi connectivity index (χ3v) is 14.7. The molecule has 0 aliphatic carbocycles. The van der Waals surface area contributed by atoms with Gasteiger partial charge in [-0.05, 0) is 92.1 Å². The highest BCUT2D eigenvalue weighted by molar-refractivity contribution is 8.76. The molecule has 5 rings (SSSR count). The van der Waals surface area contributed by atoms with Crippen molar-refractivity contribution in [2.45, 2.75) is 114 Å². The Morgan fingerprint density at radius 1 is 0.743 bits per heavy atom. The zero-order valence-corrected chi connectivity index (χ0v) is 43.1. The zero-order valence-electron chi connectivity index (χ0n) is 41.4. The zero-order chi connectivity index (χ0) is 54.1. The number of fused-ring (bicyclic) bond motifs is 1. The topological polar surface area (TPSA) is 381 Å². The van der Waals surface area contributed by atoms with Crippen LogP contribution in [0.1, 0.15) is 56.7 Å². The van der Waals surface area contributed by atoms with Gasteiger partial charge in [-0.25, -0.2) is 0 Å². The number of anilines is 1. The SMILES string of the molecule is CC(C)[C@@H]1NC(=O)[C@H](CCCCN)NC(=O)[C@@H](Cc2c[nH]c3ccccc23)NC(=O)[C@H](Cc2ccc(O)cc2)NC(=O)[C@@H](NC(=O)[C@H](N)Cc2ccc(N)cc2)CSSC[C@@H](C(=O)N[C@H](C(N)=O)[C@@H](C)O)NC1=O. The number of aromatic nitrogens is 1. The van der Waals surface area contributed by atoms with Gasteiger partial charge >= 0.3 is 0 Å². The molecule has 3 aromatic carbocycles. The maximum Gasteiger partial charge on any atom is 0.244 e. The molecule has 0 bridgehead atoms. The third kappa shape index (κ3) is 17.1. The number of primary amides is 1. The van der Waals surface area contributed by atoms with E-state index in [-0.39, 0.29) is 49.5 Å². The molecule has 1 aliphatic rings. The first-order valence-electron chi connectivity index (χ1n) is 24.2. The molecule has 1 aliphatic heterocycles. The van der Waals surface area contributed by atoms with Gasteiger partial charge in [0, 0.05) is 47.1 Å². The minimum Gasteiger partial charge on any atom is -0.508 e. The first-order valence-corrected chi connectivity index (χ1v) is 26.7. The van der Waals surface area contributed by atoms with Gasteiger partial charge in [0.05, 0.1) is 12.1 Å². The number of phenols is 1. The fraction of sp³-hybridized carbons (Fsp3) is 0.440. The van der Waals surface area contributed by atoms with Crippen LogP contribution in [-0.4, -0.2) is 135 Å². The highest BCUT2D eigenvalue weighted by atomic mass is 33.1. The lowest BCUT2D eigenvalue weighted by molar-refractivity contribution is -0.136. The Kier molecular flexibility index (Phi) is 21.9. The van der Waals surface area contributed by atoms with Crippen molar-refractivity contribution in [3.63, 3.8) is 0 Å². The summed E-state index contributed by atoms with van der Waals surface area (Å²) >= 11 is 0. The quantitative estimate of drug-likeness (QED) is 0.0352. The number of nitrogen functional groups attached to an aromatic ring is 1. The fourth-order valence-corrected chi connectivity index (χ4v) is 10.3. The molecule has 400 valence electrons. The molecule has 4 aromatic rings. The molecular weight excluding hydrogens is 993 g/mol. The van der Waals surface area contributed by atoms with Gasteiger partial charge in [-0.15, -0.1) is 0 Å². The van der Waals surface area contributed by atoms with Crippen LogP contribution in [0.15, 0.2) is 79.0 Å². The normalized spacial score (nSPS) is 22.0. The average molecular weight is 1060 g/mol. The molecule has 0 unspecified atom stereocenters. The Morgan fingerprint density at radius 3 is 2.00 bits per heavy atom. The second kappa shape index (κ2) is 28.0. The van der Waals surface area contributed by atoms with Crippen LogP contribution in [0.4, 0.5) is 5.69 Å². The van der Waals surface area contributed by atoms with Crippen LogP contribution >= 0.6 is 21.6 Å². The Morgan fingerprint density at radius 2 is 1.35 bits per heavy atom. The highest BCUT2D eigenvalue weighted by Gasteiger charge is 2.36. The summed E-state index contributed by atoms with van der Waals surface area (Å²) < 4.78 is 0. The number of aromatic hydroxyl groups is 1. The molecule has 74 heavy (non-hydrogen) atoms. The summed E-state index contributed by atoms with van der Waals surface area (Å²) in [5.74, 6) is -7.75. The van der Waals surface area contributed by atoms with E-state index in [1.165, 1.54) is 19.1 Å². The van der Waals surface area contributed by atoms with Crippen LogP contribution in [0, 0.1) is 5.92 Å². The number of unbranched alkanes of at least 4 members (excludes halogenated alkanes) is 1. The van der Waals surface area contributed by atoms with Gasteiger partial charge in [-0.1, -0.05) is 77.9 Å². The third-order valence-electron chi connectivity index (χ3n) is 12.2. The van der Waals surface area contributed by atoms with Gasteiger partial charge in [0.25, 0.3) is 0 Å². The molecule has 8 amide bonds. The van der Waals surface area contributed by atoms with Crippen LogP contribution in [0.3, 0.4) is 0 Å². The van der Waals surface area contributed by atoms with Crippen molar-refractivity contribution in [2.75, 3.05) is 23.8 Å². The lowest BCUT2D eigenvalue weighted by Crippen LogP contribution is -2.62. The first-order chi connectivity index (χ1) is 35.2. The number of hydrogen-bond acceptors (Lipinski definition) is 15. The molecule has 9 atom stereocenters. The summed E-state index contributed by atoms with van der Waals surface area (Å²) in [7, 11) is 2.00. The fourth-order valence-electron chi connectivity index (χ4n) is 8.00. The van der Waals surface area contributed by atoms with Gasteiger partial charge in [0.1, 0.15) is 48.0 Å². The monoisotopic (exact) mass is 1060 g/mol. The number of carbonyl (C=O) groups is 8. The van der Waals surface area contributed by atoms with E-state index < -0.39 is 108 Å². The summed E-state index contributed by atoms with van der Waals surface area (Å²) in [6, 6.07) is 9.05. The molecular formula is C50H68N12O10S2. The summed E-state index contributed by atoms with van der Waals surface area (Å²) in [6.07, 6.45) is 1.00. The summed E-state index contributed by atoms with van der Waals surface area (Å²) in [5.41, 5.74) is 26.6. The minimum absolute atomic E-state index is 0.0544. The first kappa shape index (κ1) is 58.0. The van der Waals surface area contributed by atoms with Gasteiger partial charge < -0.3 is 75.3 Å². The Balaban J connectivity index is 1.58. The molecule has 22 nitrogen and oxygen atoms in total. The molecule has 1 saturated heterocycles. The molecule has 24 heteroatoms. The number of aromatic amines is 1. The number of hydrogen-bond donors (Lipinski definition) is 14. The Hall–Kier alpha value is -6.86. The molecule has 0 spiro atoms. The molecule has 2 heterocycles. The van der Waals surface area contributed by atoms with Gasteiger partial charge in [0.15, 0.2) is 0 Å². The second-order valence-corrected chi connectivity index (χ2v) is 21.1. The van der Waals surface area contributed by atoms with E-state index in [0.29, 0.717) is 35.2 Å². The number of benzene rings is 3. The summed E-state index contributed by atoms with van der Waals surface area (Å²) in [4.78, 5) is 116. The molecule has 1 fully saturated rings. The van der Waals surface area contributed by atoms with Crippen molar-refractivity contribution in [2.24, 2.45) is 23.1 Å². The number of aliphatic hydroxyl groups excluding tert-OH is 1. The summed E-state index contributed by atoms with van der Waals surface area (Å²) in [6.45, 7) is 4.83. The maximum atomic E-state index is 14.8. The van der Waals surface area contributed by atoms with Crippen LogP contribution in [-0.2, 0) is 57.6 Å². The van der Waals surface area contributed by atoms with Crippen molar-refractivity contribution in [3.05, 3.63) is 95.7 Å². The Labute approximate surface area is 436 Å². The standard InChI is InChI=1S/C50H68N12O10S2/c1-26(2)41-50(72)60-40(49(71)62-42(27(3)63)43(54)65)25-74-73-24-39(59-44(66)34(53)20-28-11-15-31(52)16-12-28)48(70)57-37(21-29-13-17-32(64)18-14-29)46(68)58-38(22-30-23-55-35-9-5-4-8-33(30)35)47(69)56-36(45(67)61-41)10-6-7-19-51/h4-5,8-9,11-18,23,26-27,34,36-42,55,63-64H,6-7,10,19-22,24-25,51-53H2,1-3H3,(H2,54,65)(H,56,69)(H,57,70)(H,58,68)(H,59,66)(H,60,72)(H,61,67)(H,62,71)/t27-,34-,36+,37+,38-,39+,40+,41+,42+/m1/s1. The van der Waals surface area contributed by atoms with Crippen LogP contribution in [0.2, 0.25) is 0 Å². The van der Waals surface area contributed by atoms with Crippen LogP contribution in [0.25, 0.3) is 10.9 Å². The minimum atomic E-state index is -1.55. The highest BCUT2D eigenvalue weighted by Crippen LogP contribution is 2.25. The van der Waals surface area contributed by atoms with E-state index >= 15 is 0 Å². The Bertz CT molecular complexity index is 2580. The molecule has 0 saturated carbocycles. The number of para-hydroxylation sites is 1. The van der Waals surface area contributed by atoms with Gasteiger partial charge in [-0.2, -0.15) is 0 Å². The molecule has 18 N–H and O–H groups in total. The van der Waals surface area contributed by atoms with Crippen molar-refractivity contribution < 1.29 is 48.6 Å². The van der Waals surface area contributed by atoms with E-state index in [2.05, 4.69) is 42.2 Å². The van der Waals surface area contributed by atoms with Crippen molar-refractivity contribution >= 4 is 85.4 Å². The number of amides is 8. The number of H-pyrrole nitrogens is 1. The number of nitrogens with two attached hydrogens (primary N) is 4. The predicted octanol–water partition coefficient (Wildman–Crippen LogP) is -0.749. The number of carbonyl (C=O) groups excluding carboxylic acids is 8. The van der Waals surface area contributed by atoms with E-state index in [9.17, 15) is 48.6 Å². The lowest BCUT2D eigenvalue weighted by Gasteiger charge is -2.29. The average Bonchev–Trinajstić information content (AvgIpc) is 3.77. The van der Waals surface area contributed by atoms with Crippen molar-refractivity contribution in [1.29, 1.82) is 0 Å². The van der Waals surface area contributed by atoms with Crippen LogP contribution in [0.5, 0.6) is 5.75 Å². The molecule has 0 radical (unpaired) electrons. The van der Waals surface area contributed by atoms with E-state index in [4.69, 9.17) is 22.9 Å². The second-order valence-electron chi connectivity index (χ2n) is 18.5. The van der Waals surface area contributed by atoms with Crippen molar-refractivity contribution in [3.8, 4) is 5.75 Å². The van der Waals surface area contributed by atoms with E-state index in [0.717, 1.165) is 32.5 Å². The maximum absolute atomic E-state index is 14.8. The number of rotatable bonds is 17. The largest absolute Gasteiger partial charge is 0.508 e. The number of phenolic OH excluding ortho intramolecular Hbond substituents is 1. The smallest absolute Gasteiger partial charge is 0.244 e. The lowest BCUT2D eigenvalue weighted by atomic mass is 10.00. The number of nitrogens with one attached hydrogen (secondary N) is 8. The van der Waals surface area contributed by atoms with Crippen LogP contribution < -0.4 is 60.2 Å². The predicted molar refractivity (Wildman–Crippen MR) is 283 cm³/mol. The van der Waals surface area contributed by atoms with E-state index in [1.54, 1.807) is 56.4 Å². The molecule has 1 aromatic heterocycles. The van der Waals surface area contributed by atoms with Crippen molar-refractivity contribution in [1.82, 2.24) is 42.2 Å². The number of aliphatic hydroxyl groups is 1. The summed E-state index contributed by atoms with van der Waals surface area (Å²) in [5, 5.41) is 40.0. The van der Waals surface area contributed by atoms with Gasteiger partial charge in [0.2, 0.25) is 47.3 Å². The van der Waals surface area contributed by atoms with Gasteiger partial charge in [-0.3, -0.25) is 38.4 Å². The van der Waals surface area contributed by atoms with E-state index in [1.807, 2.05) is 24.3 Å².